The van der Waals surface area contributed by atoms with Gasteiger partial charge in [-0.05, 0) is 55.2 Å². The molecule has 0 aliphatic carbocycles. The topological polar surface area (TPSA) is 74.6 Å². The molecule has 2 amide bonds. The molecule has 0 bridgehead atoms. The molecule has 1 atom stereocenters. The number of anilines is 2. The van der Waals surface area contributed by atoms with Crippen LogP contribution in [-0.2, 0) is 24.3 Å². The maximum atomic E-state index is 12.8. The summed E-state index contributed by atoms with van der Waals surface area (Å²) in [6.07, 6.45) is 3.90. The van der Waals surface area contributed by atoms with Gasteiger partial charge in [-0.3, -0.25) is 9.59 Å². The highest BCUT2D eigenvalue weighted by molar-refractivity contribution is 5.93. The molecule has 1 unspecified atom stereocenters. The molecular formula is C26H29N3O3. The minimum Gasteiger partial charge on any atom is -0.459 e. The quantitative estimate of drug-likeness (QED) is 0.532. The van der Waals surface area contributed by atoms with Crippen molar-refractivity contribution in [3.63, 3.8) is 0 Å². The van der Waals surface area contributed by atoms with Crippen molar-refractivity contribution in [1.29, 1.82) is 0 Å². The van der Waals surface area contributed by atoms with Gasteiger partial charge in [0.15, 0.2) is 5.76 Å². The van der Waals surface area contributed by atoms with E-state index in [1.165, 1.54) is 11.3 Å². The Balaban J connectivity index is 1.36. The fourth-order valence-electron chi connectivity index (χ4n) is 4.13. The monoisotopic (exact) mass is 431 g/mol. The van der Waals surface area contributed by atoms with Gasteiger partial charge in [0.2, 0.25) is 5.91 Å². The molecule has 2 heterocycles. The zero-order valence-electron chi connectivity index (χ0n) is 18.6. The average molecular weight is 432 g/mol. The van der Waals surface area contributed by atoms with Crippen LogP contribution < -0.4 is 15.5 Å². The van der Waals surface area contributed by atoms with Crippen molar-refractivity contribution in [2.45, 2.75) is 52.2 Å². The Labute approximate surface area is 188 Å². The number of hydrogen-bond donors (Lipinski definition) is 2. The highest BCUT2D eigenvalue weighted by Gasteiger charge is 2.27. The van der Waals surface area contributed by atoms with E-state index >= 15 is 0 Å². The maximum Gasteiger partial charge on any atom is 0.287 e. The van der Waals surface area contributed by atoms with E-state index in [-0.39, 0.29) is 11.8 Å². The summed E-state index contributed by atoms with van der Waals surface area (Å²) in [6.45, 7) is 5.18. The Morgan fingerprint density at radius 3 is 2.66 bits per heavy atom. The Morgan fingerprint density at radius 2 is 1.88 bits per heavy atom. The van der Waals surface area contributed by atoms with Gasteiger partial charge < -0.3 is 20.0 Å². The van der Waals surface area contributed by atoms with Gasteiger partial charge in [0.1, 0.15) is 0 Å². The van der Waals surface area contributed by atoms with Crippen molar-refractivity contribution in [2.24, 2.45) is 0 Å². The summed E-state index contributed by atoms with van der Waals surface area (Å²) >= 11 is 0. The molecule has 6 nitrogen and oxygen atoms in total. The molecule has 6 heteroatoms. The molecule has 0 fully saturated rings. The van der Waals surface area contributed by atoms with Gasteiger partial charge in [-0.15, -0.1) is 0 Å². The van der Waals surface area contributed by atoms with Crippen LogP contribution in [0.5, 0.6) is 0 Å². The van der Waals surface area contributed by atoms with Gasteiger partial charge in [0.25, 0.3) is 5.91 Å². The summed E-state index contributed by atoms with van der Waals surface area (Å²) < 4.78 is 5.55. The Bertz CT molecular complexity index is 1090. The Kier molecular flexibility index (Phi) is 6.59. The number of carbonyl (C=O) groups excluding carboxylic acids is 2. The molecular weight excluding hydrogens is 402 g/mol. The Morgan fingerprint density at radius 1 is 1.09 bits per heavy atom. The lowest BCUT2D eigenvalue weighted by molar-refractivity contribution is -0.116. The van der Waals surface area contributed by atoms with Crippen LogP contribution in [0.25, 0.3) is 0 Å². The number of furan rings is 1. The van der Waals surface area contributed by atoms with Gasteiger partial charge in [-0.2, -0.15) is 0 Å². The number of nitrogens with zero attached hydrogens (tertiary/aromatic N) is 1. The lowest BCUT2D eigenvalue weighted by Gasteiger charge is -2.24. The summed E-state index contributed by atoms with van der Waals surface area (Å²) in [6, 6.07) is 18.1. The highest BCUT2D eigenvalue weighted by atomic mass is 16.3. The number of fused-ring (bicyclic) bond motifs is 1. The smallest absolute Gasteiger partial charge is 0.287 e. The third-order valence-electron chi connectivity index (χ3n) is 5.81. The van der Waals surface area contributed by atoms with Crippen LogP contribution in [0.15, 0.2) is 65.3 Å². The predicted molar refractivity (Wildman–Crippen MR) is 126 cm³/mol. The Hall–Kier alpha value is -3.54. The van der Waals surface area contributed by atoms with Crippen LogP contribution in [0.3, 0.4) is 0 Å². The summed E-state index contributed by atoms with van der Waals surface area (Å²) in [5.41, 5.74) is 5.14. The molecule has 166 valence electrons. The molecule has 0 spiro atoms. The van der Waals surface area contributed by atoms with Crippen molar-refractivity contribution in [3.05, 3.63) is 83.3 Å². The van der Waals surface area contributed by atoms with E-state index in [1.54, 1.807) is 6.26 Å². The van der Waals surface area contributed by atoms with E-state index in [9.17, 15) is 9.59 Å². The molecule has 32 heavy (non-hydrogen) atoms. The first-order valence-corrected chi connectivity index (χ1v) is 11.1. The second-order valence-electron chi connectivity index (χ2n) is 8.26. The largest absolute Gasteiger partial charge is 0.459 e. The summed E-state index contributed by atoms with van der Waals surface area (Å²) in [5, 5.41) is 5.80. The van der Waals surface area contributed by atoms with E-state index in [0.717, 1.165) is 29.7 Å². The van der Waals surface area contributed by atoms with Crippen LogP contribution in [-0.4, -0.2) is 17.9 Å². The third-order valence-corrected chi connectivity index (χ3v) is 5.81. The molecule has 0 radical (unpaired) electrons. The molecule has 2 aromatic carbocycles. The third kappa shape index (κ3) is 4.85. The number of rotatable bonds is 8. The minimum atomic E-state index is -0.231. The number of hydrogen-bond acceptors (Lipinski definition) is 4. The number of nitrogens with one attached hydrogen (secondary N) is 2. The summed E-state index contributed by atoms with van der Waals surface area (Å²) in [4.78, 5) is 26.8. The first-order valence-electron chi connectivity index (χ1n) is 11.1. The van der Waals surface area contributed by atoms with E-state index in [4.69, 9.17) is 4.42 Å². The van der Waals surface area contributed by atoms with E-state index in [0.29, 0.717) is 31.3 Å². The summed E-state index contributed by atoms with van der Waals surface area (Å²) in [7, 11) is 0. The molecule has 3 aromatic rings. The lowest BCUT2D eigenvalue weighted by atomic mass is 10.1. The van der Waals surface area contributed by atoms with Crippen LogP contribution in [0.2, 0.25) is 0 Å². The standard InChI is InChI=1S/C26H29N3O3/c1-3-6-24(30)28-22-11-9-19(10-12-22)16-27-26(31)25-21(13-14-32-25)17-29-18(2)15-20-7-4-5-8-23(20)29/h4-5,7-14,18H,3,6,15-17H2,1-2H3,(H,27,31)(H,28,30). The lowest BCUT2D eigenvalue weighted by Crippen LogP contribution is -2.30. The molecule has 1 aliphatic heterocycles. The maximum absolute atomic E-state index is 12.8. The number of benzene rings is 2. The van der Waals surface area contributed by atoms with Crippen LogP contribution in [0.1, 0.15) is 53.9 Å². The normalized spacial score (nSPS) is 14.8. The fourth-order valence-corrected chi connectivity index (χ4v) is 4.13. The van der Waals surface area contributed by atoms with E-state index in [2.05, 4.69) is 40.7 Å². The van der Waals surface area contributed by atoms with Gasteiger partial charge >= 0.3 is 0 Å². The minimum absolute atomic E-state index is 0.00819. The van der Waals surface area contributed by atoms with Crippen molar-refractivity contribution in [2.75, 3.05) is 10.2 Å². The molecule has 1 aromatic heterocycles. The second-order valence-corrected chi connectivity index (χ2v) is 8.26. The zero-order chi connectivity index (χ0) is 22.5. The highest BCUT2D eigenvalue weighted by Crippen LogP contribution is 2.33. The van der Waals surface area contributed by atoms with E-state index < -0.39 is 0 Å². The first-order chi connectivity index (χ1) is 15.5. The number of carbonyl (C=O) groups is 2. The van der Waals surface area contributed by atoms with Crippen molar-refractivity contribution >= 4 is 23.2 Å². The van der Waals surface area contributed by atoms with E-state index in [1.807, 2.05) is 43.3 Å². The average Bonchev–Trinajstić information content (AvgIpc) is 3.38. The SMILES string of the molecule is CCCC(=O)Nc1ccc(CNC(=O)c2occc2CN2c3ccccc3CC2C)cc1. The molecule has 1 aliphatic rings. The van der Waals surface area contributed by atoms with Crippen LogP contribution in [0, 0.1) is 0 Å². The number of para-hydroxylation sites is 1. The van der Waals surface area contributed by atoms with Crippen molar-refractivity contribution in [1.82, 2.24) is 5.32 Å². The van der Waals surface area contributed by atoms with Gasteiger partial charge in [-0.1, -0.05) is 37.3 Å². The molecule has 0 saturated carbocycles. The van der Waals surface area contributed by atoms with Gasteiger partial charge in [0, 0.05) is 42.5 Å². The van der Waals surface area contributed by atoms with Crippen molar-refractivity contribution < 1.29 is 14.0 Å². The summed E-state index contributed by atoms with van der Waals surface area (Å²) in [5.74, 6) is 0.129. The first kappa shape index (κ1) is 21.7. The second kappa shape index (κ2) is 9.73. The molecule has 0 saturated heterocycles. The predicted octanol–water partition coefficient (Wildman–Crippen LogP) is 4.90. The van der Waals surface area contributed by atoms with Gasteiger partial charge in [-0.25, -0.2) is 0 Å². The van der Waals surface area contributed by atoms with Crippen molar-refractivity contribution in [3.8, 4) is 0 Å². The fraction of sp³-hybridized carbons (Fsp3) is 0.308. The molecule has 4 rings (SSSR count). The van der Waals surface area contributed by atoms with Crippen LogP contribution >= 0.6 is 0 Å². The van der Waals surface area contributed by atoms with Crippen LogP contribution in [0.4, 0.5) is 11.4 Å². The molecule has 2 N–H and O–H groups in total. The zero-order valence-corrected chi connectivity index (χ0v) is 18.6. The number of amides is 2. The van der Waals surface area contributed by atoms with Gasteiger partial charge in [0.05, 0.1) is 6.26 Å².